The Bertz CT molecular complexity index is 559. The molecule has 1 N–H and O–H groups in total. The second-order valence-electron chi connectivity index (χ2n) is 6.14. The molecule has 0 aliphatic heterocycles. The third kappa shape index (κ3) is 4.94. The molecule has 1 nitrogen and oxygen atoms in total. The Kier molecular flexibility index (Phi) is 6.29. The van der Waals surface area contributed by atoms with Gasteiger partial charge in [-0.15, -0.1) is 0 Å². The summed E-state index contributed by atoms with van der Waals surface area (Å²) in [5, 5.41) is 6.53. The minimum absolute atomic E-state index is 0.272. The zero-order chi connectivity index (χ0) is 15.7. The molecule has 0 heterocycles. The van der Waals surface area contributed by atoms with Crippen molar-refractivity contribution in [2.45, 2.75) is 32.1 Å². The van der Waals surface area contributed by atoms with E-state index in [-0.39, 0.29) is 7.92 Å². The van der Waals surface area contributed by atoms with Crippen molar-refractivity contribution in [3.63, 3.8) is 0 Å². The predicted octanol–water partition coefficient (Wildman–Crippen LogP) is 4.56. The zero-order valence-electron chi connectivity index (χ0n) is 13.7. The van der Waals surface area contributed by atoms with E-state index in [0.717, 1.165) is 6.54 Å². The van der Waals surface area contributed by atoms with E-state index >= 15 is 0 Å². The van der Waals surface area contributed by atoms with E-state index < -0.39 is 0 Å². The van der Waals surface area contributed by atoms with Gasteiger partial charge in [0, 0.05) is 6.54 Å². The normalized spacial score (nSPS) is 14.7. The van der Waals surface area contributed by atoms with E-state index in [1.807, 2.05) is 0 Å². The summed E-state index contributed by atoms with van der Waals surface area (Å²) in [5.41, 5.74) is 1.61. The molecule has 23 heavy (non-hydrogen) atoms. The van der Waals surface area contributed by atoms with Crippen LogP contribution in [0.1, 0.15) is 32.1 Å². The molecule has 0 bridgehead atoms. The van der Waals surface area contributed by atoms with Gasteiger partial charge in [-0.3, -0.25) is 0 Å². The van der Waals surface area contributed by atoms with Crippen molar-refractivity contribution in [3.05, 3.63) is 72.4 Å². The van der Waals surface area contributed by atoms with Crippen LogP contribution in [0.2, 0.25) is 0 Å². The highest BCUT2D eigenvalue weighted by molar-refractivity contribution is 7.73. The average Bonchev–Trinajstić information content (AvgIpc) is 2.64. The van der Waals surface area contributed by atoms with Crippen LogP contribution >= 0.6 is 7.92 Å². The molecule has 0 spiro atoms. The smallest absolute Gasteiger partial charge is 0.0186 e. The summed E-state index contributed by atoms with van der Waals surface area (Å²) in [6.07, 6.45) is 10.2. The molecular weight excluding hydrogens is 297 g/mol. The van der Waals surface area contributed by atoms with Gasteiger partial charge in [0.15, 0.2) is 0 Å². The fraction of sp³-hybridized carbons (Fsp3) is 0.333. The number of rotatable bonds is 6. The maximum absolute atomic E-state index is 3.58. The molecular formula is C21H26NP. The predicted molar refractivity (Wildman–Crippen MR) is 103 cm³/mol. The molecule has 120 valence electrons. The van der Waals surface area contributed by atoms with Crippen LogP contribution in [-0.2, 0) is 0 Å². The van der Waals surface area contributed by atoms with Crippen molar-refractivity contribution in [3.8, 4) is 0 Å². The van der Waals surface area contributed by atoms with Crippen molar-refractivity contribution >= 4 is 18.5 Å². The number of hydrogen-bond acceptors (Lipinski definition) is 1. The third-order valence-corrected chi connectivity index (χ3v) is 6.93. The van der Waals surface area contributed by atoms with Gasteiger partial charge in [-0.05, 0) is 56.6 Å². The summed E-state index contributed by atoms with van der Waals surface area (Å²) < 4.78 is 0. The molecule has 1 fully saturated rings. The number of benzene rings is 2. The number of nitrogens with one attached hydrogen (secondary N) is 1. The lowest BCUT2D eigenvalue weighted by Gasteiger charge is -2.19. The Morgan fingerprint density at radius 3 is 1.91 bits per heavy atom. The largest absolute Gasteiger partial charge is 0.391 e. The monoisotopic (exact) mass is 323 g/mol. The van der Waals surface area contributed by atoms with Crippen molar-refractivity contribution < 1.29 is 0 Å². The molecule has 1 aliphatic rings. The Labute approximate surface area is 141 Å². The standard InChI is InChI=1S/C21H26NP/c1-4-10-19(11-5-1)18-22-16-17-23(20-12-6-2-7-13-20)21-14-8-3-9-15-21/h2-3,6-9,12-15,18,22H,1,4-5,10-11,16-17H2. The molecule has 3 rings (SSSR count). The van der Waals surface area contributed by atoms with Crippen molar-refractivity contribution in [1.29, 1.82) is 0 Å². The molecule has 0 aromatic heterocycles. The van der Waals surface area contributed by atoms with Crippen LogP contribution in [0.15, 0.2) is 72.4 Å². The SMILES string of the molecule is C(NCCP(c1ccccc1)c1ccccc1)=C1CCCCC1. The fourth-order valence-electron chi connectivity index (χ4n) is 3.17. The van der Waals surface area contributed by atoms with Gasteiger partial charge >= 0.3 is 0 Å². The van der Waals surface area contributed by atoms with E-state index in [4.69, 9.17) is 0 Å². The zero-order valence-corrected chi connectivity index (χ0v) is 14.6. The van der Waals surface area contributed by atoms with E-state index in [1.54, 1.807) is 5.57 Å². The minimum atomic E-state index is -0.272. The molecule has 1 aliphatic carbocycles. The highest BCUT2D eigenvalue weighted by atomic mass is 31.1. The van der Waals surface area contributed by atoms with Crippen LogP contribution < -0.4 is 15.9 Å². The molecule has 2 aromatic rings. The van der Waals surface area contributed by atoms with Gasteiger partial charge in [-0.2, -0.15) is 0 Å². The van der Waals surface area contributed by atoms with Gasteiger partial charge in [0.2, 0.25) is 0 Å². The molecule has 2 aromatic carbocycles. The number of allylic oxidation sites excluding steroid dienone is 1. The van der Waals surface area contributed by atoms with Crippen molar-refractivity contribution in [2.24, 2.45) is 0 Å². The molecule has 0 unspecified atom stereocenters. The minimum Gasteiger partial charge on any atom is -0.391 e. The van der Waals surface area contributed by atoms with Gasteiger partial charge in [0.25, 0.3) is 0 Å². The summed E-state index contributed by atoms with van der Waals surface area (Å²) in [4.78, 5) is 0. The topological polar surface area (TPSA) is 12.0 Å². The maximum atomic E-state index is 3.58. The lowest BCUT2D eigenvalue weighted by atomic mass is 9.96. The van der Waals surface area contributed by atoms with Crippen molar-refractivity contribution in [2.75, 3.05) is 12.7 Å². The first-order valence-corrected chi connectivity index (χ1v) is 10.2. The van der Waals surface area contributed by atoms with Crippen LogP contribution in [0.4, 0.5) is 0 Å². The van der Waals surface area contributed by atoms with Gasteiger partial charge in [0.1, 0.15) is 0 Å². The molecule has 0 radical (unpaired) electrons. The lowest BCUT2D eigenvalue weighted by molar-refractivity contribution is 0.593. The fourth-order valence-corrected chi connectivity index (χ4v) is 5.40. The van der Waals surface area contributed by atoms with E-state index in [1.165, 1.54) is 48.9 Å². The van der Waals surface area contributed by atoms with Gasteiger partial charge < -0.3 is 5.32 Å². The van der Waals surface area contributed by atoms with Crippen molar-refractivity contribution in [1.82, 2.24) is 5.32 Å². The van der Waals surface area contributed by atoms with Crippen LogP contribution in [0.5, 0.6) is 0 Å². The van der Waals surface area contributed by atoms with E-state index in [2.05, 4.69) is 72.2 Å². The Hall–Kier alpha value is -1.59. The van der Waals surface area contributed by atoms with Gasteiger partial charge in [-0.1, -0.05) is 72.7 Å². The first kappa shape index (κ1) is 16.3. The van der Waals surface area contributed by atoms with Crippen LogP contribution in [0.25, 0.3) is 0 Å². The molecule has 0 amide bonds. The Morgan fingerprint density at radius 2 is 1.35 bits per heavy atom. The summed E-state index contributed by atoms with van der Waals surface area (Å²) in [6, 6.07) is 21.9. The maximum Gasteiger partial charge on any atom is 0.0186 e. The van der Waals surface area contributed by atoms with E-state index in [9.17, 15) is 0 Å². The number of hydrogen-bond donors (Lipinski definition) is 1. The second kappa shape index (κ2) is 8.89. The highest BCUT2D eigenvalue weighted by Crippen LogP contribution is 2.32. The van der Waals surface area contributed by atoms with Gasteiger partial charge in [-0.25, -0.2) is 0 Å². The van der Waals surface area contributed by atoms with Crippen LogP contribution in [-0.4, -0.2) is 12.7 Å². The molecule has 2 heteroatoms. The lowest BCUT2D eigenvalue weighted by Crippen LogP contribution is -2.20. The highest BCUT2D eigenvalue weighted by Gasteiger charge is 2.12. The summed E-state index contributed by atoms with van der Waals surface area (Å²) in [5.74, 6) is 0. The summed E-state index contributed by atoms with van der Waals surface area (Å²) in [7, 11) is -0.272. The quantitative estimate of drug-likeness (QED) is 0.607. The second-order valence-corrected chi connectivity index (χ2v) is 8.48. The summed E-state index contributed by atoms with van der Waals surface area (Å²) in [6.45, 7) is 1.05. The Balaban J connectivity index is 1.63. The molecule has 1 saturated carbocycles. The van der Waals surface area contributed by atoms with Gasteiger partial charge in [0.05, 0.1) is 0 Å². The third-order valence-electron chi connectivity index (χ3n) is 4.42. The van der Waals surface area contributed by atoms with Crippen LogP contribution in [0.3, 0.4) is 0 Å². The molecule has 0 atom stereocenters. The molecule has 0 saturated heterocycles. The first-order valence-electron chi connectivity index (χ1n) is 8.72. The van der Waals surface area contributed by atoms with E-state index in [0.29, 0.717) is 0 Å². The Morgan fingerprint density at radius 1 is 0.783 bits per heavy atom. The average molecular weight is 323 g/mol. The van der Waals surface area contributed by atoms with Crippen LogP contribution in [0, 0.1) is 0 Å². The first-order chi connectivity index (χ1) is 11.4. The summed E-state index contributed by atoms with van der Waals surface area (Å²) >= 11 is 0.